The fraction of sp³-hybridized carbons (Fsp3) is 0.308. The number of nitrogens with zero attached hydrogens (tertiary/aromatic N) is 4. The summed E-state index contributed by atoms with van der Waals surface area (Å²) in [6.45, 7) is 2.44. The molecule has 192 valence electrons. The number of amides is 2. The summed E-state index contributed by atoms with van der Waals surface area (Å²) < 4.78 is 29.8. The molecule has 0 atom stereocenters. The average Bonchev–Trinajstić information content (AvgIpc) is 3.20. The fourth-order valence-electron chi connectivity index (χ4n) is 4.62. The second-order valence-corrected chi connectivity index (χ2v) is 9.61. The minimum Gasteiger partial charge on any atom is -0.420 e. The molecule has 37 heavy (non-hydrogen) atoms. The van der Waals surface area contributed by atoms with Gasteiger partial charge in [-0.3, -0.25) is 19.6 Å². The van der Waals surface area contributed by atoms with E-state index >= 15 is 0 Å². The number of fused-ring (bicyclic) bond motifs is 1. The van der Waals surface area contributed by atoms with Gasteiger partial charge in [0.05, 0.1) is 23.4 Å². The van der Waals surface area contributed by atoms with Crippen LogP contribution in [-0.2, 0) is 6.54 Å². The maximum Gasteiger partial charge on any atom is 0.487 e. The smallest absolute Gasteiger partial charge is 0.420 e. The first-order chi connectivity index (χ1) is 17.7. The lowest BCUT2D eigenvalue weighted by atomic mass is 10.0. The summed E-state index contributed by atoms with van der Waals surface area (Å²) in [6.07, 6.45) is 6.59. The molecule has 11 heteroatoms. The Morgan fingerprint density at radius 2 is 1.81 bits per heavy atom. The molecule has 5 rings (SSSR count). The number of hydrogen-bond donors (Lipinski definition) is 1. The van der Waals surface area contributed by atoms with Crippen molar-refractivity contribution in [2.24, 2.45) is 0 Å². The Bertz CT molecular complexity index is 1320. The lowest BCUT2D eigenvalue weighted by Gasteiger charge is -2.34. The van der Waals surface area contributed by atoms with Gasteiger partial charge in [0.1, 0.15) is 5.75 Å². The minimum atomic E-state index is -3.82. The van der Waals surface area contributed by atoms with Crippen LogP contribution in [0.5, 0.6) is 5.75 Å². The summed E-state index contributed by atoms with van der Waals surface area (Å²) in [5.74, 6) is -0.598. The molecule has 1 saturated heterocycles. The number of piperidine rings is 1. The Morgan fingerprint density at radius 3 is 2.51 bits per heavy atom. The van der Waals surface area contributed by atoms with Gasteiger partial charge in [-0.15, -0.1) is 8.78 Å². The highest BCUT2D eigenvalue weighted by Crippen LogP contribution is 2.31. The van der Waals surface area contributed by atoms with Gasteiger partial charge in [0.2, 0.25) is 0 Å². The lowest BCUT2D eigenvalue weighted by Crippen LogP contribution is -2.43. The summed E-state index contributed by atoms with van der Waals surface area (Å²) in [5, 5.41) is 2.69. The summed E-state index contributed by atoms with van der Waals surface area (Å²) in [4.78, 5) is 38.9. The van der Waals surface area contributed by atoms with E-state index in [1.807, 2.05) is 11.0 Å². The van der Waals surface area contributed by atoms with E-state index in [2.05, 4.69) is 32.0 Å². The van der Waals surface area contributed by atoms with Crippen LogP contribution in [0.15, 0.2) is 55.0 Å². The third-order valence-electron chi connectivity index (χ3n) is 6.59. The molecule has 0 aliphatic carbocycles. The van der Waals surface area contributed by atoms with Gasteiger partial charge in [-0.25, -0.2) is 0 Å². The van der Waals surface area contributed by atoms with Crippen molar-refractivity contribution in [1.82, 2.24) is 19.8 Å². The maximum absolute atomic E-state index is 13.2. The Hall–Kier alpha value is -3.63. The number of carbonyl (C=O) groups excluding carboxylic acids is 2. The highest BCUT2D eigenvalue weighted by atomic mass is 35.5. The minimum absolute atomic E-state index is 0.0138. The van der Waals surface area contributed by atoms with Gasteiger partial charge in [0.25, 0.3) is 11.8 Å². The number of halogens is 3. The molecule has 0 bridgehead atoms. The third kappa shape index (κ3) is 5.70. The van der Waals surface area contributed by atoms with Gasteiger partial charge in [0, 0.05) is 53.0 Å². The summed E-state index contributed by atoms with van der Waals surface area (Å²) >= 11 is 4.76. The van der Waals surface area contributed by atoms with Crippen molar-refractivity contribution in [3.63, 3.8) is 0 Å². The largest absolute Gasteiger partial charge is 0.487 e. The molecule has 4 heterocycles. The van der Waals surface area contributed by atoms with Crippen molar-refractivity contribution in [3.05, 3.63) is 71.8 Å². The van der Waals surface area contributed by atoms with Crippen LogP contribution < -0.4 is 10.1 Å². The molecule has 2 aromatic heterocycles. The van der Waals surface area contributed by atoms with E-state index in [0.717, 1.165) is 31.6 Å². The zero-order valence-corrected chi connectivity index (χ0v) is 20.7. The monoisotopic (exact) mass is 527 g/mol. The molecular formula is C26H24ClF2N5O3. The van der Waals surface area contributed by atoms with Crippen molar-refractivity contribution in [3.8, 4) is 16.9 Å². The van der Waals surface area contributed by atoms with Crippen LogP contribution in [0.2, 0.25) is 0 Å². The van der Waals surface area contributed by atoms with Crippen molar-refractivity contribution in [1.29, 1.82) is 0 Å². The number of likely N-dealkylation sites (tertiary alicyclic amines) is 1. The Morgan fingerprint density at radius 1 is 1.11 bits per heavy atom. The second kappa shape index (κ2) is 10.0. The maximum atomic E-state index is 13.2. The number of rotatable bonds is 6. The van der Waals surface area contributed by atoms with Gasteiger partial charge in [0.15, 0.2) is 0 Å². The number of aromatic nitrogens is 2. The van der Waals surface area contributed by atoms with Crippen LogP contribution in [0.4, 0.5) is 14.5 Å². The first-order valence-corrected chi connectivity index (χ1v) is 12.1. The molecule has 1 N–H and O–H groups in total. The van der Waals surface area contributed by atoms with E-state index in [4.69, 9.17) is 11.6 Å². The molecule has 0 spiro atoms. The summed E-state index contributed by atoms with van der Waals surface area (Å²) in [6, 6.07) is 9.04. The van der Waals surface area contributed by atoms with Crippen molar-refractivity contribution >= 4 is 29.1 Å². The Balaban J connectivity index is 1.29. The zero-order valence-electron chi connectivity index (χ0n) is 20.0. The van der Waals surface area contributed by atoms with Crippen molar-refractivity contribution in [2.45, 2.75) is 31.0 Å². The predicted molar refractivity (Wildman–Crippen MR) is 134 cm³/mol. The Labute approximate surface area is 217 Å². The van der Waals surface area contributed by atoms with Crippen LogP contribution in [0.1, 0.15) is 39.3 Å². The number of hydrogen-bond acceptors (Lipinski definition) is 6. The molecule has 0 radical (unpaired) electrons. The van der Waals surface area contributed by atoms with Gasteiger partial charge in [-0.2, -0.15) is 0 Å². The first-order valence-electron chi connectivity index (χ1n) is 11.8. The van der Waals surface area contributed by atoms with Gasteiger partial charge < -0.3 is 19.9 Å². The van der Waals surface area contributed by atoms with E-state index in [0.29, 0.717) is 28.9 Å². The normalized spacial score (nSPS) is 16.5. The number of carbonyl (C=O) groups is 2. The van der Waals surface area contributed by atoms with Crippen LogP contribution >= 0.6 is 11.6 Å². The molecule has 0 saturated carbocycles. The number of ether oxygens (including phenoxy) is 1. The molecule has 0 unspecified atom stereocenters. The van der Waals surface area contributed by atoms with Crippen LogP contribution in [-0.4, -0.2) is 63.3 Å². The third-order valence-corrected chi connectivity index (χ3v) is 6.67. The number of alkyl halides is 3. The van der Waals surface area contributed by atoms with Gasteiger partial charge in [-0.1, -0.05) is 0 Å². The highest BCUT2D eigenvalue weighted by Gasteiger charge is 2.35. The van der Waals surface area contributed by atoms with Crippen molar-refractivity contribution < 1.29 is 23.1 Å². The topological polar surface area (TPSA) is 87.7 Å². The van der Waals surface area contributed by atoms with E-state index in [9.17, 15) is 18.4 Å². The van der Waals surface area contributed by atoms with E-state index in [-0.39, 0.29) is 23.3 Å². The first kappa shape index (κ1) is 25.0. The fourth-order valence-corrected chi connectivity index (χ4v) is 4.71. The number of nitrogens with one attached hydrogen (secondary N) is 1. The highest BCUT2D eigenvalue weighted by molar-refractivity contribution is 6.20. The molecule has 2 amide bonds. The predicted octanol–water partition coefficient (Wildman–Crippen LogP) is 4.61. The lowest BCUT2D eigenvalue weighted by molar-refractivity contribution is -0.0964. The second-order valence-electron chi connectivity index (χ2n) is 9.17. The summed E-state index contributed by atoms with van der Waals surface area (Å²) in [7, 11) is 2.09. The molecule has 8 nitrogen and oxygen atoms in total. The van der Waals surface area contributed by atoms with Crippen molar-refractivity contribution in [2.75, 3.05) is 25.5 Å². The van der Waals surface area contributed by atoms with E-state index < -0.39 is 11.5 Å². The Kier molecular flexibility index (Phi) is 6.78. The standard InChI is InChI=1S/C26H24ClF2N5O3/c1-33-8-6-20(7-9-33)34-15-23-22(25(34)36)11-17(14-31-23)16-10-18(13-30-12-16)24(35)32-19-2-4-21(5-3-19)37-26(27,28)29/h2-5,10-14,20H,6-9,15H2,1H3,(H,32,35). The number of benzene rings is 1. The molecule has 1 fully saturated rings. The van der Waals surface area contributed by atoms with Crippen LogP contribution in [0.3, 0.4) is 0 Å². The number of anilines is 1. The van der Waals surface area contributed by atoms with Gasteiger partial charge >= 0.3 is 5.57 Å². The van der Waals surface area contributed by atoms with E-state index in [1.54, 1.807) is 18.5 Å². The number of pyridine rings is 2. The molecule has 2 aliphatic rings. The average molecular weight is 528 g/mol. The molecule has 3 aromatic rings. The summed E-state index contributed by atoms with van der Waals surface area (Å²) in [5.41, 5.74) is -0.502. The quantitative estimate of drug-likeness (QED) is 0.471. The molecule has 1 aromatic carbocycles. The van der Waals surface area contributed by atoms with Crippen LogP contribution in [0.25, 0.3) is 11.1 Å². The van der Waals surface area contributed by atoms with Gasteiger partial charge in [-0.05, 0) is 69.4 Å². The zero-order chi connectivity index (χ0) is 26.2. The molecule has 2 aliphatic heterocycles. The van der Waals surface area contributed by atoms with E-state index in [1.165, 1.54) is 30.5 Å². The SMILES string of the molecule is CN1CCC(N2Cc3ncc(-c4cncc(C(=O)Nc5ccc(OC(F)(F)Cl)cc5)c4)cc3C2=O)CC1. The molecular weight excluding hydrogens is 504 g/mol. The van der Waals surface area contributed by atoms with Crippen LogP contribution in [0, 0.1) is 0 Å².